The molecule has 0 unspecified atom stereocenters. The molecule has 0 atom stereocenters. The number of amides is 2. The summed E-state index contributed by atoms with van der Waals surface area (Å²) in [4.78, 5) is 27.4. The van der Waals surface area contributed by atoms with Crippen LogP contribution in [0.15, 0.2) is 42.9 Å². The molecule has 0 aliphatic rings. The summed E-state index contributed by atoms with van der Waals surface area (Å²) in [5, 5.41) is 10.5. The first-order valence-electron chi connectivity index (χ1n) is 6.80. The van der Waals surface area contributed by atoms with E-state index in [0.717, 1.165) is 17.6 Å². The van der Waals surface area contributed by atoms with Gasteiger partial charge in [-0.15, -0.1) is 11.3 Å². The fourth-order valence-electron chi connectivity index (χ4n) is 1.88. The van der Waals surface area contributed by atoms with Crippen molar-refractivity contribution in [2.45, 2.75) is 0 Å². The number of primary amides is 1. The normalized spacial score (nSPS) is 11.4. The molecule has 2 amide bonds. The Bertz CT molecular complexity index is 838. The Morgan fingerprint density at radius 2 is 2.08 bits per heavy atom. The topological polar surface area (TPSA) is 135 Å². The molecule has 7 nitrogen and oxygen atoms in total. The summed E-state index contributed by atoms with van der Waals surface area (Å²) >= 11 is 1.10. The quantitative estimate of drug-likeness (QED) is 0.471. The molecule has 2 aromatic heterocycles. The third-order valence-electron chi connectivity index (χ3n) is 3.01. The molecule has 0 bridgehead atoms. The van der Waals surface area contributed by atoms with Crippen LogP contribution in [0.3, 0.4) is 0 Å². The second-order valence-electron chi connectivity index (χ2n) is 4.58. The SMILES string of the molecule is N=CC(=CN)c1ccncc1/C=C/C(=O)Nc1ccc(C(N)=O)s1. The molecule has 2 aromatic rings. The zero-order valence-corrected chi connectivity index (χ0v) is 13.3. The van der Waals surface area contributed by atoms with E-state index >= 15 is 0 Å². The van der Waals surface area contributed by atoms with Gasteiger partial charge in [-0.1, -0.05) is 0 Å². The molecule has 0 fully saturated rings. The number of hydrogen-bond donors (Lipinski definition) is 4. The molecule has 6 N–H and O–H groups in total. The summed E-state index contributed by atoms with van der Waals surface area (Å²) in [5.74, 6) is -0.903. The first-order valence-corrected chi connectivity index (χ1v) is 7.62. The first-order chi connectivity index (χ1) is 11.5. The zero-order valence-electron chi connectivity index (χ0n) is 12.5. The maximum absolute atomic E-state index is 12.0. The lowest BCUT2D eigenvalue weighted by atomic mass is 10.0. The van der Waals surface area contributed by atoms with Gasteiger partial charge >= 0.3 is 0 Å². The van der Waals surface area contributed by atoms with Gasteiger partial charge in [0.15, 0.2) is 0 Å². The molecule has 0 aliphatic carbocycles. The van der Waals surface area contributed by atoms with Gasteiger partial charge in [-0.3, -0.25) is 14.6 Å². The Balaban J connectivity index is 2.14. The smallest absolute Gasteiger partial charge is 0.258 e. The Kier molecular flexibility index (Phi) is 5.58. The lowest BCUT2D eigenvalue weighted by molar-refractivity contribution is -0.111. The van der Waals surface area contributed by atoms with Crippen molar-refractivity contribution in [2.75, 3.05) is 5.32 Å². The average molecular weight is 341 g/mol. The van der Waals surface area contributed by atoms with E-state index in [2.05, 4.69) is 10.3 Å². The molecule has 0 spiro atoms. The molecular formula is C16H15N5O2S. The van der Waals surface area contributed by atoms with E-state index in [1.54, 1.807) is 36.7 Å². The molecule has 0 radical (unpaired) electrons. The number of allylic oxidation sites excluding steroid dienone is 1. The summed E-state index contributed by atoms with van der Waals surface area (Å²) in [6.07, 6.45) is 8.51. The van der Waals surface area contributed by atoms with Crippen LogP contribution in [0.1, 0.15) is 20.8 Å². The minimum Gasteiger partial charge on any atom is -0.404 e. The predicted molar refractivity (Wildman–Crippen MR) is 95.7 cm³/mol. The van der Waals surface area contributed by atoms with Gasteiger partial charge in [0, 0.05) is 42.0 Å². The molecule has 2 rings (SSSR count). The highest BCUT2D eigenvalue weighted by Gasteiger charge is 2.07. The summed E-state index contributed by atoms with van der Waals surface area (Å²) in [6, 6.07) is 4.87. The molecule has 24 heavy (non-hydrogen) atoms. The van der Waals surface area contributed by atoms with Gasteiger partial charge in [0.2, 0.25) is 5.91 Å². The van der Waals surface area contributed by atoms with Crippen molar-refractivity contribution in [3.8, 4) is 0 Å². The summed E-state index contributed by atoms with van der Waals surface area (Å²) in [7, 11) is 0. The number of thiophene rings is 1. The Morgan fingerprint density at radius 1 is 1.29 bits per heavy atom. The van der Waals surface area contributed by atoms with Crippen LogP contribution in [0.5, 0.6) is 0 Å². The maximum Gasteiger partial charge on any atom is 0.258 e. The van der Waals surface area contributed by atoms with Crippen molar-refractivity contribution in [3.63, 3.8) is 0 Å². The van der Waals surface area contributed by atoms with Crippen molar-refractivity contribution in [1.29, 1.82) is 5.41 Å². The van der Waals surface area contributed by atoms with Crippen molar-refractivity contribution >= 4 is 46.0 Å². The van der Waals surface area contributed by atoms with E-state index in [1.165, 1.54) is 12.3 Å². The van der Waals surface area contributed by atoms with E-state index in [-0.39, 0.29) is 5.91 Å². The van der Waals surface area contributed by atoms with Gasteiger partial charge < -0.3 is 22.2 Å². The van der Waals surface area contributed by atoms with E-state index in [1.807, 2.05) is 0 Å². The fraction of sp³-hybridized carbons (Fsp3) is 0. The van der Waals surface area contributed by atoms with Crippen molar-refractivity contribution in [2.24, 2.45) is 11.5 Å². The molecule has 0 aromatic carbocycles. The highest BCUT2D eigenvalue weighted by atomic mass is 32.1. The second kappa shape index (κ2) is 7.84. The van der Waals surface area contributed by atoms with Crippen LogP contribution in [0, 0.1) is 5.41 Å². The molecule has 2 heterocycles. The Morgan fingerprint density at radius 3 is 2.71 bits per heavy atom. The Hall–Kier alpha value is -3.26. The van der Waals surface area contributed by atoms with E-state index < -0.39 is 5.91 Å². The van der Waals surface area contributed by atoms with Crippen LogP contribution < -0.4 is 16.8 Å². The summed E-state index contributed by atoms with van der Waals surface area (Å²) in [5.41, 5.74) is 12.5. The number of carbonyl (C=O) groups excluding carboxylic acids is 2. The van der Waals surface area contributed by atoms with Crippen molar-refractivity contribution in [1.82, 2.24) is 4.98 Å². The van der Waals surface area contributed by atoms with Gasteiger partial charge in [0.25, 0.3) is 5.91 Å². The van der Waals surface area contributed by atoms with Crippen molar-refractivity contribution in [3.05, 3.63) is 58.9 Å². The molecule has 0 aliphatic heterocycles. The molecule has 0 saturated heterocycles. The average Bonchev–Trinajstić information content (AvgIpc) is 3.04. The third kappa shape index (κ3) is 4.14. The molecule has 0 saturated carbocycles. The Labute approximate surface area is 142 Å². The number of carbonyl (C=O) groups is 2. The fourth-order valence-corrected chi connectivity index (χ4v) is 2.65. The first kappa shape index (κ1) is 17.1. The molecule has 122 valence electrons. The van der Waals surface area contributed by atoms with Crippen LogP contribution in [0.4, 0.5) is 5.00 Å². The maximum atomic E-state index is 12.0. The predicted octanol–water partition coefficient (Wildman–Crippen LogP) is 1.84. The summed E-state index contributed by atoms with van der Waals surface area (Å²) < 4.78 is 0. The summed E-state index contributed by atoms with van der Waals surface area (Å²) in [6.45, 7) is 0. The van der Waals surface area contributed by atoms with E-state index in [0.29, 0.717) is 26.6 Å². The monoisotopic (exact) mass is 341 g/mol. The number of hydrogen-bond acceptors (Lipinski definition) is 6. The molecule has 8 heteroatoms. The highest BCUT2D eigenvalue weighted by Crippen LogP contribution is 2.21. The van der Waals surface area contributed by atoms with Crippen molar-refractivity contribution < 1.29 is 9.59 Å². The second-order valence-corrected chi connectivity index (χ2v) is 5.66. The number of rotatable bonds is 6. The zero-order chi connectivity index (χ0) is 17.5. The van der Waals surface area contributed by atoms with Gasteiger partial charge in [0.1, 0.15) is 0 Å². The number of nitrogens with two attached hydrogens (primary N) is 2. The number of nitrogens with one attached hydrogen (secondary N) is 2. The number of nitrogens with zero attached hydrogens (tertiary/aromatic N) is 1. The largest absolute Gasteiger partial charge is 0.404 e. The van der Waals surface area contributed by atoms with Gasteiger partial charge in [-0.25, -0.2) is 0 Å². The van der Waals surface area contributed by atoms with E-state index in [9.17, 15) is 9.59 Å². The van der Waals surface area contributed by atoms with Crippen LogP contribution in [0.2, 0.25) is 0 Å². The lowest BCUT2D eigenvalue weighted by Gasteiger charge is -2.05. The van der Waals surface area contributed by atoms with Crippen LogP contribution in [-0.2, 0) is 4.79 Å². The minimum atomic E-state index is -0.538. The number of anilines is 1. The van der Waals surface area contributed by atoms with Crippen LogP contribution in [-0.4, -0.2) is 23.0 Å². The molecular weight excluding hydrogens is 326 g/mol. The number of aromatic nitrogens is 1. The minimum absolute atomic E-state index is 0.365. The van der Waals surface area contributed by atoms with Gasteiger partial charge in [-0.2, -0.15) is 0 Å². The van der Waals surface area contributed by atoms with Crippen LogP contribution >= 0.6 is 11.3 Å². The van der Waals surface area contributed by atoms with Crippen LogP contribution in [0.25, 0.3) is 11.6 Å². The third-order valence-corrected chi connectivity index (χ3v) is 4.02. The highest BCUT2D eigenvalue weighted by molar-refractivity contribution is 7.18. The standard InChI is InChI=1S/C16H15N5O2S/c17-7-11(8-18)12-5-6-20-9-10(12)1-3-14(22)21-15-4-2-13(24-15)16(19)23/h1-9,17H,18H2,(H2,19,23)(H,21,22)/b3-1+,11-8?,17-7?. The van der Waals surface area contributed by atoms with E-state index in [4.69, 9.17) is 16.9 Å². The lowest BCUT2D eigenvalue weighted by Crippen LogP contribution is -2.08. The van der Waals surface area contributed by atoms with Gasteiger partial charge in [0.05, 0.1) is 9.88 Å². The van der Waals surface area contributed by atoms with Gasteiger partial charge in [-0.05, 0) is 29.8 Å². The number of pyridine rings is 1.